The Morgan fingerprint density at radius 1 is 1.00 bits per heavy atom. The molecule has 0 heterocycles. The van der Waals surface area contributed by atoms with Crippen LogP contribution in [-0.2, 0) is 0 Å². The molecule has 12 heavy (non-hydrogen) atoms. The van der Waals surface area contributed by atoms with E-state index in [9.17, 15) is 0 Å². The molecule has 1 fully saturated rings. The Kier molecular flexibility index (Phi) is 17.2. The van der Waals surface area contributed by atoms with E-state index in [4.69, 9.17) is 0 Å². The molecule has 0 aliphatic heterocycles. The van der Waals surface area contributed by atoms with Crippen LogP contribution in [0, 0.1) is 0 Å². The van der Waals surface area contributed by atoms with Crippen molar-refractivity contribution < 1.29 is 0 Å². The summed E-state index contributed by atoms with van der Waals surface area (Å²) in [4.78, 5) is 0. The van der Waals surface area contributed by atoms with Gasteiger partial charge in [0.2, 0.25) is 0 Å². The maximum atomic E-state index is 4.36. The van der Waals surface area contributed by atoms with E-state index in [1.165, 1.54) is 38.5 Å². The molecule has 0 unspecified atom stereocenters. The minimum absolute atomic E-state index is 0.730. The van der Waals surface area contributed by atoms with Gasteiger partial charge in [-0.15, -0.1) is 0 Å². The van der Waals surface area contributed by atoms with Crippen LogP contribution >= 0.6 is 12.6 Å². The lowest BCUT2D eigenvalue weighted by Crippen LogP contribution is -2.03. The highest BCUT2D eigenvalue weighted by Gasteiger charge is 2.06. The van der Waals surface area contributed by atoms with Gasteiger partial charge in [-0.3, -0.25) is 0 Å². The van der Waals surface area contributed by atoms with Crippen molar-refractivity contribution in [2.75, 3.05) is 0 Å². The summed E-state index contributed by atoms with van der Waals surface area (Å²) in [5.74, 6) is 0. The quantitative estimate of drug-likeness (QED) is 0.526. The molecule has 0 N–H and O–H groups in total. The van der Waals surface area contributed by atoms with Crippen molar-refractivity contribution in [3.8, 4) is 0 Å². The van der Waals surface area contributed by atoms with E-state index in [-0.39, 0.29) is 0 Å². The Balaban J connectivity index is 0. The van der Waals surface area contributed by atoms with Crippen LogP contribution in [0.15, 0.2) is 0 Å². The SMILES string of the molecule is CC.CCC.SC1CCCCC1. The second kappa shape index (κ2) is 13.9. The van der Waals surface area contributed by atoms with Crippen LogP contribution in [0.4, 0.5) is 0 Å². The van der Waals surface area contributed by atoms with Gasteiger partial charge in [0, 0.05) is 5.25 Å². The summed E-state index contributed by atoms with van der Waals surface area (Å²) in [6.07, 6.45) is 8.21. The van der Waals surface area contributed by atoms with Gasteiger partial charge in [-0.25, -0.2) is 0 Å². The fraction of sp³-hybridized carbons (Fsp3) is 1.00. The fourth-order valence-electron chi connectivity index (χ4n) is 1.08. The smallest absolute Gasteiger partial charge is 0.00168 e. The van der Waals surface area contributed by atoms with E-state index in [1.54, 1.807) is 0 Å². The summed E-state index contributed by atoms with van der Waals surface area (Å²) in [5.41, 5.74) is 0. The van der Waals surface area contributed by atoms with Gasteiger partial charge < -0.3 is 0 Å². The molecule has 0 nitrogen and oxygen atoms in total. The van der Waals surface area contributed by atoms with Crippen molar-refractivity contribution in [1.82, 2.24) is 0 Å². The van der Waals surface area contributed by atoms with Crippen LogP contribution in [0.1, 0.15) is 66.2 Å². The van der Waals surface area contributed by atoms with E-state index in [2.05, 4.69) is 26.5 Å². The monoisotopic (exact) mass is 190 g/mol. The molecule has 0 bridgehead atoms. The summed E-state index contributed by atoms with van der Waals surface area (Å²) < 4.78 is 0. The van der Waals surface area contributed by atoms with E-state index in [0.29, 0.717) is 0 Å². The summed E-state index contributed by atoms with van der Waals surface area (Å²) in [7, 11) is 0. The molecule has 76 valence electrons. The molecule has 0 atom stereocenters. The zero-order valence-corrected chi connectivity index (χ0v) is 10.2. The highest BCUT2D eigenvalue weighted by Crippen LogP contribution is 2.20. The average Bonchev–Trinajstić information content (AvgIpc) is 2.11. The van der Waals surface area contributed by atoms with Crippen LogP contribution in [0.3, 0.4) is 0 Å². The third kappa shape index (κ3) is 13.0. The van der Waals surface area contributed by atoms with Gasteiger partial charge in [0.05, 0.1) is 0 Å². The highest BCUT2D eigenvalue weighted by atomic mass is 32.1. The molecular weight excluding hydrogens is 164 g/mol. The minimum Gasteiger partial charge on any atom is -0.176 e. The molecule has 1 aliphatic carbocycles. The maximum Gasteiger partial charge on any atom is 0.00168 e. The lowest BCUT2D eigenvalue weighted by Gasteiger charge is -2.14. The van der Waals surface area contributed by atoms with Crippen LogP contribution in [0.5, 0.6) is 0 Å². The van der Waals surface area contributed by atoms with Crippen LogP contribution < -0.4 is 0 Å². The van der Waals surface area contributed by atoms with Gasteiger partial charge in [-0.05, 0) is 12.8 Å². The topological polar surface area (TPSA) is 0 Å². The normalized spacial score (nSPS) is 16.8. The van der Waals surface area contributed by atoms with Crippen LogP contribution in [-0.4, -0.2) is 5.25 Å². The third-order valence-electron chi connectivity index (χ3n) is 1.57. The Morgan fingerprint density at radius 2 is 1.33 bits per heavy atom. The van der Waals surface area contributed by atoms with Crippen molar-refractivity contribution >= 4 is 12.6 Å². The predicted molar refractivity (Wildman–Crippen MR) is 63.2 cm³/mol. The minimum atomic E-state index is 0.730. The summed E-state index contributed by atoms with van der Waals surface area (Å²) >= 11 is 4.36. The standard InChI is InChI=1S/C6H12S.C3H8.C2H6/c7-6-4-2-1-3-5-6;1-3-2;1-2/h6-7H,1-5H2;3H2,1-2H3;1-2H3. The molecule has 0 aromatic rings. The van der Waals surface area contributed by atoms with Crippen molar-refractivity contribution in [1.29, 1.82) is 0 Å². The van der Waals surface area contributed by atoms with Crippen LogP contribution in [0.25, 0.3) is 0 Å². The summed E-state index contributed by atoms with van der Waals surface area (Å²) in [5, 5.41) is 0.730. The Labute approximate surface area is 84.5 Å². The molecule has 1 rings (SSSR count). The first-order valence-electron chi connectivity index (χ1n) is 5.49. The molecule has 0 saturated heterocycles. The van der Waals surface area contributed by atoms with Gasteiger partial charge in [0.25, 0.3) is 0 Å². The molecule has 0 radical (unpaired) electrons. The second-order valence-electron chi connectivity index (χ2n) is 3.00. The number of hydrogen-bond acceptors (Lipinski definition) is 1. The maximum absolute atomic E-state index is 4.36. The second-order valence-corrected chi connectivity index (χ2v) is 3.73. The molecule has 0 amide bonds. The first-order valence-corrected chi connectivity index (χ1v) is 6.01. The average molecular weight is 190 g/mol. The van der Waals surface area contributed by atoms with Crippen molar-refractivity contribution in [2.24, 2.45) is 0 Å². The Bertz CT molecular complexity index is 56.0. The molecule has 0 aromatic heterocycles. The van der Waals surface area contributed by atoms with E-state index in [1.807, 2.05) is 13.8 Å². The van der Waals surface area contributed by atoms with Gasteiger partial charge in [0.15, 0.2) is 0 Å². The zero-order chi connectivity index (χ0) is 9.82. The molecule has 1 saturated carbocycles. The van der Waals surface area contributed by atoms with Crippen molar-refractivity contribution in [2.45, 2.75) is 71.5 Å². The van der Waals surface area contributed by atoms with Gasteiger partial charge in [0.1, 0.15) is 0 Å². The molecule has 1 heteroatoms. The first-order chi connectivity index (χ1) is 5.81. The Morgan fingerprint density at radius 3 is 1.50 bits per heavy atom. The van der Waals surface area contributed by atoms with E-state index >= 15 is 0 Å². The molecule has 0 spiro atoms. The first kappa shape index (κ1) is 14.9. The lowest BCUT2D eigenvalue weighted by atomic mass is 10.0. The predicted octanol–water partition coefficient (Wildman–Crippen LogP) is 4.69. The lowest BCUT2D eigenvalue weighted by molar-refractivity contribution is 0.518. The van der Waals surface area contributed by atoms with Crippen molar-refractivity contribution in [3.63, 3.8) is 0 Å². The molecular formula is C11H26S. The third-order valence-corrected chi connectivity index (χ3v) is 2.09. The van der Waals surface area contributed by atoms with Gasteiger partial charge in [-0.2, -0.15) is 12.6 Å². The zero-order valence-electron chi connectivity index (χ0n) is 9.27. The van der Waals surface area contributed by atoms with E-state index in [0.717, 1.165) is 5.25 Å². The van der Waals surface area contributed by atoms with Gasteiger partial charge in [-0.1, -0.05) is 53.4 Å². The summed E-state index contributed by atoms with van der Waals surface area (Å²) in [6.45, 7) is 8.25. The Hall–Kier alpha value is 0.350. The largest absolute Gasteiger partial charge is 0.176 e. The highest BCUT2D eigenvalue weighted by molar-refractivity contribution is 7.80. The molecule has 1 aliphatic rings. The van der Waals surface area contributed by atoms with Gasteiger partial charge >= 0.3 is 0 Å². The fourth-order valence-corrected chi connectivity index (χ4v) is 1.45. The van der Waals surface area contributed by atoms with Crippen molar-refractivity contribution in [3.05, 3.63) is 0 Å². The van der Waals surface area contributed by atoms with Crippen LogP contribution in [0.2, 0.25) is 0 Å². The summed E-state index contributed by atoms with van der Waals surface area (Å²) in [6, 6.07) is 0. The number of rotatable bonds is 0. The number of thiol groups is 1. The number of hydrogen-bond donors (Lipinski definition) is 1. The van der Waals surface area contributed by atoms with E-state index < -0.39 is 0 Å². The molecule has 0 aromatic carbocycles.